The molecule has 3 rings (SSSR count). The Labute approximate surface area is 128 Å². The van der Waals surface area contributed by atoms with Crippen molar-refractivity contribution in [2.24, 2.45) is 0 Å². The van der Waals surface area contributed by atoms with Crippen molar-refractivity contribution in [1.29, 1.82) is 0 Å². The highest BCUT2D eigenvalue weighted by Gasteiger charge is 2.21. The molecule has 21 heavy (non-hydrogen) atoms. The van der Waals surface area contributed by atoms with Crippen LogP contribution in [0.3, 0.4) is 0 Å². The Morgan fingerprint density at radius 3 is 2.95 bits per heavy atom. The maximum atomic E-state index is 12.2. The highest BCUT2D eigenvalue weighted by molar-refractivity contribution is 7.91. The van der Waals surface area contributed by atoms with Gasteiger partial charge in [-0.3, -0.25) is 0 Å². The van der Waals surface area contributed by atoms with Gasteiger partial charge in [0.15, 0.2) is 0 Å². The van der Waals surface area contributed by atoms with Crippen LogP contribution in [0.4, 0.5) is 0 Å². The lowest BCUT2D eigenvalue weighted by atomic mass is 10.4. The van der Waals surface area contributed by atoms with Crippen LogP contribution in [-0.2, 0) is 23.1 Å². The summed E-state index contributed by atoms with van der Waals surface area (Å²) in [5.41, 5.74) is 0. The predicted molar refractivity (Wildman–Crippen MR) is 81.6 cm³/mol. The van der Waals surface area contributed by atoms with Gasteiger partial charge in [0.05, 0.1) is 6.33 Å². The van der Waals surface area contributed by atoms with Gasteiger partial charge in [0.1, 0.15) is 4.21 Å². The zero-order chi connectivity index (χ0) is 14.7. The second kappa shape index (κ2) is 6.27. The molecular weight excluding hydrogens is 308 g/mol. The van der Waals surface area contributed by atoms with Gasteiger partial charge in [0, 0.05) is 42.9 Å². The molecule has 0 aromatic carbocycles. The summed E-state index contributed by atoms with van der Waals surface area (Å²) in [7, 11) is -3.41. The Kier molecular flexibility index (Phi) is 4.39. The molecule has 0 unspecified atom stereocenters. The Morgan fingerprint density at radius 1 is 1.38 bits per heavy atom. The number of nitrogens with one attached hydrogen (secondary N) is 2. The normalized spacial score (nSPS) is 15.4. The van der Waals surface area contributed by atoms with Gasteiger partial charge in [0.25, 0.3) is 0 Å². The molecule has 0 saturated heterocycles. The van der Waals surface area contributed by atoms with E-state index in [4.69, 9.17) is 0 Å². The summed E-state index contributed by atoms with van der Waals surface area (Å²) >= 11 is 1.33. The molecule has 1 aliphatic rings. The molecule has 0 radical (unpaired) electrons. The standard InChI is InChI=1S/C13H18N4O2S2/c18-21(19,16-6-8-17-7-5-14-10-17)13-4-3-12(20-13)9-15-11-1-2-11/h3-5,7,10-11,15-16H,1-2,6,8-9H2. The largest absolute Gasteiger partial charge is 0.336 e. The Hall–Kier alpha value is -1.22. The third kappa shape index (κ3) is 4.13. The van der Waals surface area contributed by atoms with E-state index in [2.05, 4.69) is 15.0 Å². The fourth-order valence-corrected chi connectivity index (χ4v) is 4.30. The first kappa shape index (κ1) is 14.7. The number of hydrogen-bond acceptors (Lipinski definition) is 5. The molecule has 8 heteroatoms. The summed E-state index contributed by atoms with van der Waals surface area (Å²) in [6.45, 7) is 1.67. The Balaban J connectivity index is 1.53. The second-order valence-electron chi connectivity index (χ2n) is 5.07. The van der Waals surface area contributed by atoms with Crippen LogP contribution < -0.4 is 10.0 Å². The van der Waals surface area contributed by atoms with Crippen LogP contribution in [0.2, 0.25) is 0 Å². The summed E-state index contributed by atoms with van der Waals surface area (Å²) in [4.78, 5) is 4.97. The van der Waals surface area contributed by atoms with Crippen LogP contribution in [0.25, 0.3) is 0 Å². The first-order valence-electron chi connectivity index (χ1n) is 6.91. The molecule has 0 amide bonds. The molecule has 1 aliphatic carbocycles. The van der Waals surface area contributed by atoms with Crippen molar-refractivity contribution in [2.45, 2.75) is 36.2 Å². The van der Waals surface area contributed by atoms with Gasteiger partial charge < -0.3 is 9.88 Å². The summed E-state index contributed by atoms with van der Waals surface area (Å²) in [6.07, 6.45) is 7.60. The van der Waals surface area contributed by atoms with Crippen LogP contribution in [0, 0.1) is 0 Å². The second-order valence-corrected chi connectivity index (χ2v) is 8.24. The van der Waals surface area contributed by atoms with E-state index in [1.807, 2.05) is 10.6 Å². The average Bonchev–Trinajstić information content (AvgIpc) is 2.93. The molecule has 2 aromatic heterocycles. The topological polar surface area (TPSA) is 76.0 Å². The average molecular weight is 326 g/mol. The van der Waals surface area contributed by atoms with Crippen LogP contribution >= 0.6 is 11.3 Å². The van der Waals surface area contributed by atoms with E-state index in [9.17, 15) is 8.42 Å². The first-order valence-corrected chi connectivity index (χ1v) is 9.21. The molecule has 2 aromatic rings. The maximum Gasteiger partial charge on any atom is 0.250 e. The van der Waals surface area contributed by atoms with Crippen molar-refractivity contribution in [3.8, 4) is 0 Å². The lowest BCUT2D eigenvalue weighted by Gasteiger charge is -2.05. The van der Waals surface area contributed by atoms with Crippen LogP contribution in [0.5, 0.6) is 0 Å². The van der Waals surface area contributed by atoms with E-state index in [1.54, 1.807) is 24.8 Å². The molecule has 0 bridgehead atoms. The number of thiophene rings is 1. The minimum Gasteiger partial charge on any atom is -0.336 e. The number of rotatable bonds is 8. The molecule has 0 aliphatic heterocycles. The molecule has 0 atom stereocenters. The summed E-state index contributed by atoms with van der Waals surface area (Å²) < 4.78 is 29.2. The van der Waals surface area contributed by atoms with E-state index in [1.165, 1.54) is 24.2 Å². The third-order valence-corrected chi connectivity index (χ3v) is 6.30. The molecule has 6 nitrogen and oxygen atoms in total. The van der Waals surface area contributed by atoms with Crippen LogP contribution in [0.1, 0.15) is 17.7 Å². The third-order valence-electron chi connectivity index (χ3n) is 3.27. The zero-order valence-corrected chi connectivity index (χ0v) is 13.2. The van der Waals surface area contributed by atoms with E-state index < -0.39 is 10.0 Å². The molecule has 1 fully saturated rings. The zero-order valence-electron chi connectivity index (χ0n) is 11.5. The van der Waals surface area contributed by atoms with E-state index in [0.717, 1.165) is 11.4 Å². The van der Waals surface area contributed by atoms with E-state index in [0.29, 0.717) is 23.3 Å². The van der Waals surface area contributed by atoms with E-state index >= 15 is 0 Å². The van der Waals surface area contributed by atoms with Gasteiger partial charge in [-0.25, -0.2) is 18.1 Å². The molecule has 2 heterocycles. The minimum atomic E-state index is -3.41. The van der Waals surface area contributed by atoms with Gasteiger partial charge in [-0.1, -0.05) is 0 Å². The number of sulfonamides is 1. The number of hydrogen-bond donors (Lipinski definition) is 2. The highest BCUT2D eigenvalue weighted by Crippen LogP contribution is 2.24. The van der Waals surface area contributed by atoms with E-state index in [-0.39, 0.29) is 0 Å². The van der Waals surface area contributed by atoms with Gasteiger partial charge >= 0.3 is 0 Å². The van der Waals surface area contributed by atoms with Crippen molar-refractivity contribution in [1.82, 2.24) is 19.6 Å². The molecule has 2 N–H and O–H groups in total. The Morgan fingerprint density at radius 2 is 2.24 bits per heavy atom. The fraction of sp³-hybridized carbons (Fsp3) is 0.462. The summed E-state index contributed by atoms with van der Waals surface area (Å²) in [5, 5.41) is 3.38. The summed E-state index contributed by atoms with van der Waals surface area (Å²) in [5.74, 6) is 0. The van der Waals surface area contributed by atoms with Gasteiger partial charge in [-0.15, -0.1) is 11.3 Å². The van der Waals surface area contributed by atoms with Crippen molar-refractivity contribution in [3.05, 3.63) is 35.7 Å². The molecule has 114 valence electrons. The highest BCUT2D eigenvalue weighted by atomic mass is 32.2. The minimum absolute atomic E-state index is 0.353. The smallest absolute Gasteiger partial charge is 0.250 e. The van der Waals surface area contributed by atoms with Gasteiger partial charge in [0.2, 0.25) is 10.0 Å². The lowest BCUT2D eigenvalue weighted by Crippen LogP contribution is -2.26. The predicted octanol–water partition coefficient (Wildman–Crippen LogP) is 1.18. The monoisotopic (exact) mass is 326 g/mol. The summed E-state index contributed by atoms with van der Waals surface area (Å²) in [6, 6.07) is 4.18. The van der Waals surface area contributed by atoms with Crippen LogP contribution in [0.15, 0.2) is 35.1 Å². The van der Waals surface area contributed by atoms with Crippen molar-refractivity contribution >= 4 is 21.4 Å². The SMILES string of the molecule is O=S(=O)(NCCn1ccnc1)c1ccc(CNC2CC2)s1. The number of nitrogens with zero attached hydrogens (tertiary/aromatic N) is 2. The van der Waals surface area contributed by atoms with Crippen molar-refractivity contribution < 1.29 is 8.42 Å². The lowest BCUT2D eigenvalue weighted by molar-refractivity contribution is 0.575. The number of imidazole rings is 1. The molecule has 0 spiro atoms. The maximum absolute atomic E-state index is 12.2. The van der Waals surface area contributed by atoms with Crippen molar-refractivity contribution in [2.75, 3.05) is 6.54 Å². The Bertz CT molecular complexity index is 675. The quantitative estimate of drug-likeness (QED) is 0.764. The van der Waals surface area contributed by atoms with Crippen LogP contribution in [-0.4, -0.2) is 30.6 Å². The molecular formula is C13H18N4O2S2. The first-order chi connectivity index (χ1) is 10.1. The van der Waals surface area contributed by atoms with Gasteiger partial charge in [-0.2, -0.15) is 0 Å². The van der Waals surface area contributed by atoms with Gasteiger partial charge in [-0.05, 0) is 25.0 Å². The number of aromatic nitrogens is 2. The van der Waals surface area contributed by atoms with Crippen molar-refractivity contribution in [3.63, 3.8) is 0 Å². The fourth-order valence-electron chi connectivity index (χ4n) is 1.93. The molecule has 1 saturated carbocycles.